The van der Waals surface area contributed by atoms with Gasteiger partial charge in [-0.25, -0.2) is 13.1 Å². The SMILES string of the molecule is CC1CCN(C[C@@H]2CN3CC[C@H]2C[C@@H]3CNS(=O)(=O)c2ccccc2)CC1. The highest BCUT2D eigenvalue weighted by atomic mass is 32.2. The number of rotatable bonds is 6. The Labute approximate surface area is 164 Å². The summed E-state index contributed by atoms with van der Waals surface area (Å²) in [5.74, 6) is 2.39. The Morgan fingerprint density at radius 3 is 2.48 bits per heavy atom. The first-order valence-electron chi connectivity index (χ1n) is 10.5. The second kappa shape index (κ2) is 8.19. The normalized spacial score (nSPS) is 32.6. The number of hydrogen-bond donors (Lipinski definition) is 1. The molecule has 0 aromatic heterocycles. The minimum atomic E-state index is -3.40. The van der Waals surface area contributed by atoms with Crippen molar-refractivity contribution >= 4 is 10.0 Å². The highest BCUT2D eigenvalue weighted by Gasteiger charge is 2.40. The van der Waals surface area contributed by atoms with Gasteiger partial charge in [-0.15, -0.1) is 0 Å². The van der Waals surface area contributed by atoms with Gasteiger partial charge in [0.2, 0.25) is 10.0 Å². The minimum Gasteiger partial charge on any atom is -0.303 e. The molecule has 6 heteroatoms. The van der Waals surface area contributed by atoms with Crippen LogP contribution >= 0.6 is 0 Å². The van der Waals surface area contributed by atoms with Crippen LogP contribution in [0.1, 0.15) is 32.6 Å². The summed E-state index contributed by atoms with van der Waals surface area (Å²) < 4.78 is 27.8. The zero-order valence-corrected chi connectivity index (χ0v) is 17.2. The van der Waals surface area contributed by atoms with E-state index in [2.05, 4.69) is 21.4 Å². The second-order valence-electron chi connectivity index (χ2n) is 8.84. The Bertz CT molecular complexity index is 716. The van der Waals surface area contributed by atoms with Gasteiger partial charge in [0.25, 0.3) is 0 Å². The number of fused-ring (bicyclic) bond motifs is 3. The average Bonchev–Trinajstić information content (AvgIpc) is 2.70. The molecule has 2 bridgehead atoms. The third-order valence-corrected chi connectivity index (χ3v) is 8.38. The van der Waals surface area contributed by atoms with Crippen LogP contribution in [0.5, 0.6) is 0 Å². The van der Waals surface area contributed by atoms with E-state index in [0.29, 0.717) is 17.5 Å². The van der Waals surface area contributed by atoms with Crippen molar-refractivity contribution in [2.45, 2.75) is 43.5 Å². The molecule has 0 radical (unpaired) electrons. The molecular formula is C21H33N3O2S. The van der Waals surface area contributed by atoms with E-state index in [4.69, 9.17) is 0 Å². The Hall–Kier alpha value is -0.950. The molecule has 1 aromatic carbocycles. The van der Waals surface area contributed by atoms with Crippen LogP contribution in [0.4, 0.5) is 0 Å². The molecule has 1 unspecified atom stereocenters. The predicted octanol–water partition coefficient (Wildman–Crippen LogP) is 2.41. The maximum Gasteiger partial charge on any atom is 0.240 e. The van der Waals surface area contributed by atoms with Gasteiger partial charge in [0.1, 0.15) is 0 Å². The van der Waals surface area contributed by atoms with Crippen molar-refractivity contribution in [1.29, 1.82) is 0 Å². The van der Waals surface area contributed by atoms with E-state index >= 15 is 0 Å². The molecule has 0 spiro atoms. The molecular weight excluding hydrogens is 358 g/mol. The lowest BCUT2D eigenvalue weighted by atomic mass is 9.75. The summed E-state index contributed by atoms with van der Waals surface area (Å²) in [7, 11) is -3.40. The van der Waals surface area contributed by atoms with E-state index in [1.54, 1.807) is 24.3 Å². The van der Waals surface area contributed by atoms with Gasteiger partial charge in [-0.2, -0.15) is 0 Å². The fourth-order valence-electron chi connectivity index (χ4n) is 5.13. The van der Waals surface area contributed by atoms with Crippen molar-refractivity contribution in [3.63, 3.8) is 0 Å². The minimum absolute atomic E-state index is 0.347. The molecule has 0 aliphatic carbocycles. The molecule has 5 nitrogen and oxygen atoms in total. The van der Waals surface area contributed by atoms with Crippen LogP contribution < -0.4 is 4.72 Å². The first-order valence-corrected chi connectivity index (χ1v) is 12.0. The Balaban J connectivity index is 1.30. The lowest BCUT2D eigenvalue weighted by Gasteiger charge is -2.51. The van der Waals surface area contributed by atoms with Gasteiger partial charge in [0, 0.05) is 25.7 Å². The van der Waals surface area contributed by atoms with Crippen LogP contribution in [0.15, 0.2) is 35.2 Å². The number of nitrogens with one attached hydrogen (secondary N) is 1. The number of likely N-dealkylation sites (tertiary alicyclic amines) is 1. The molecule has 1 N–H and O–H groups in total. The summed E-state index contributed by atoms with van der Waals surface area (Å²) in [6.07, 6.45) is 5.08. The molecule has 4 aliphatic rings. The van der Waals surface area contributed by atoms with Crippen molar-refractivity contribution in [1.82, 2.24) is 14.5 Å². The molecule has 27 heavy (non-hydrogen) atoms. The Morgan fingerprint density at radius 2 is 1.81 bits per heavy atom. The number of piperidine rings is 4. The maximum atomic E-state index is 12.5. The van der Waals surface area contributed by atoms with Gasteiger partial charge < -0.3 is 4.90 Å². The summed E-state index contributed by atoms with van der Waals surface area (Å²) >= 11 is 0. The third-order valence-electron chi connectivity index (χ3n) is 6.95. The monoisotopic (exact) mass is 391 g/mol. The molecule has 150 valence electrons. The molecule has 1 aromatic rings. The Kier molecular flexibility index (Phi) is 5.88. The zero-order valence-electron chi connectivity index (χ0n) is 16.4. The standard InChI is InChI=1S/C21H33N3O2S/c1-17-7-10-23(11-8-17)15-19-16-24-12-9-18(19)13-20(24)14-22-27(25,26)21-5-3-2-4-6-21/h2-6,17-20,22H,7-16H2,1H3/t18-,19+,20+/m0/s1. The van der Waals surface area contributed by atoms with Crippen LogP contribution in [0, 0.1) is 17.8 Å². The quantitative estimate of drug-likeness (QED) is 0.809. The molecule has 5 rings (SSSR count). The van der Waals surface area contributed by atoms with Crippen LogP contribution in [0.3, 0.4) is 0 Å². The van der Waals surface area contributed by atoms with Crippen molar-refractivity contribution in [2.24, 2.45) is 17.8 Å². The third kappa shape index (κ3) is 4.56. The van der Waals surface area contributed by atoms with Gasteiger partial charge in [-0.3, -0.25) is 4.90 Å². The average molecular weight is 392 g/mol. The number of hydrogen-bond acceptors (Lipinski definition) is 4. The van der Waals surface area contributed by atoms with Crippen LogP contribution in [-0.2, 0) is 10.0 Å². The number of benzene rings is 1. The molecule has 4 heterocycles. The lowest BCUT2D eigenvalue weighted by molar-refractivity contribution is -0.0136. The smallest absolute Gasteiger partial charge is 0.240 e. The summed E-state index contributed by atoms with van der Waals surface area (Å²) in [5.41, 5.74) is 0. The largest absolute Gasteiger partial charge is 0.303 e. The molecule has 4 aliphatic heterocycles. The molecule has 4 atom stereocenters. The fourth-order valence-corrected chi connectivity index (χ4v) is 6.23. The molecule has 0 saturated carbocycles. The molecule has 4 fully saturated rings. The lowest BCUT2D eigenvalue weighted by Crippen LogP contribution is -2.58. The second-order valence-corrected chi connectivity index (χ2v) is 10.6. The van der Waals surface area contributed by atoms with E-state index in [1.807, 2.05) is 6.07 Å². The summed E-state index contributed by atoms with van der Waals surface area (Å²) in [4.78, 5) is 5.56. The summed E-state index contributed by atoms with van der Waals surface area (Å²) in [6, 6.07) is 9.04. The van der Waals surface area contributed by atoms with Crippen molar-refractivity contribution < 1.29 is 8.42 Å². The predicted molar refractivity (Wildman–Crippen MR) is 108 cm³/mol. The van der Waals surface area contributed by atoms with E-state index < -0.39 is 10.0 Å². The van der Waals surface area contributed by atoms with Crippen LogP contribution in [0.25, 0.3) is 0 Å². The van der Waals surface area contributed by atoms with Gasteiger partial charge in [0.05, 0.1) is 4.90 Å². The van der Waals surface area contributed by atoms with E-state index in [-0.39, 0.29) is 0 Å². The van der Waals surface area contributed by atoms with Crippen molar-refractivity contribution in [3.8, 4) is 0 Å². The molecule has 0 amide bonds. The number of sulfonamides is 1. The van der Waals surface area contributed by atoms with E-state index in [1.165, 1.54) is 38.9 Å². The highest BCUT2D eigenvalue weighted by Crippen LogP contribution is 2.37. The van der Waals surface area contributed by atoms with Gasteiger partial charge >= 0.3 is 0 Å². The number of nitrogens with zero attached hydrogens (tertiary/aromatic N) is 2. The van der Waals surface area contributed by atoms with Crippen LogP contribution in [0.2, 0.25) is 0 Å². The van der Waals surface area contributed by atoms with Gasteiger partial charge in [0.15, 0.2) is 0 Å². The zero-order chi connectivity index (χ0) is 18.9. The van der Waals surface area contributed by atoms with Crippen LogP contribution in [-0.4, -0.2) is 63.5 Å². The fraction of sp³-hybridized carbons (Fsp3) is 0.714. The highest BCUT2D eigenvalue weighted by molar-refractivity contribution is 7.89. The summed E-state index contributed by atoms with van der Waals surface area (Å²) in [6.45, 7) is 8.89. The molecule has 4 saturated heterocycles. The van der Waals surface area contributed by atoms with Crippen molar-refractivity contribution in [3.05, 3.63) is 30.3 Å². The topological polar surface area (TPSA) is 52.6 Å². The first kappa shape index (κ1) is 19.4. The Morgan fingerprint density at radius 1 is 1.07 bits per heavy atom. The maximum absolute atomic E-state index is 12.5. The first-order chi connectivity index (χ1) is 13.0. The van der Waals surface area contributed by atoms with Crippen molar-refractivity contribution in [2.75, 3.05) is 39.3 Å². The van der Waals surface area contributed by atoms with E-state index in [9.17, 15) is 8.42 Å². The van der Waals surface area contributed by atoms with Gasteiger partial charge in [-0.05, 0) is 75.2 Å². The van der Waals surface area contributed by atoms with Gasteiger partial charge in [-0.1, -0.05) is 25.1 Å². The summed E-state index contributed by atoms with van der Waals surface area (Å²) in [5, 5.41) is 0. The van der Waals surface area contributed by atoms with E-state index in [0.717, 1.165) is 37.3 Å².